The molecule has 0 saturated carbocycles. The summed E-state index contributed by atoms with van der Waals surface area (Å²) >= 11 is 5.84. The largest absolute Gasteiger partial charge is 0.368 e. The maximum absolute atomic E-state index is 14.1. The van der Waals surface area contributed by atoms with Crippen LogP contribution in [0.2, 0.25) is 5.02 Å². The van der Waals surface area contributed by atoms with Crippen LogP contribution < -0.4 is 11.1 Å². The van der Waals surface area contributed by atoms with Crippen molar-refractivity contribution in [2.24, 2.45) is 5.73 Å². The van der Waals surface area contributed by atoms with Crippen molar-refractivity contribution in [3.8, 4) is 0 Å². The van der Waals surface area contributed by atoms with E-state index >= 15 is 0 Å². The molecule has 1 unspecified atom stereocenters. The molecule has 0 saturated heterocycles. The van der Waals surface area contributed by atoms with Crippen LogP contribution in [0.3, 0.4) is 0 Å². The van der Waals surface area contributed by atoms with Gasteiger partial charge < -0.3 is 11.1 Å². The molecule has 0 spiro atoms. The van der Waals surface area contributed by atoms with Crippen LogP contribution >= 0.6 is 11.6 Å². The number of hydrogen-bond donors (Lipinski definition) is 2. The molecular formula is C16H16ClFN2O. The van der Waals surface area contributed by atoms with Crippen molar-refractivity contribution in [1.29, 1.82) is 0 Å². The zero-order chi connectivity index (χ0) is 15.5. The van der Waals surface area contributed by atoms with Crippen molar-refractivity contribution >= 4 is 23.2 Å². The third-order valence-electron chi connectivity index (χ3n) is 3.49. The first kappa shape index (κ1) is 15.3. The van der Waals surface area contributed by atoms with Gasteiger partial charge in [0.25, 0.3) is 0 Å². The SMILES string of the molecule is CCC(Nc1ccc(Cl)cc1)(C(N)=O)c1ccccc1F. The second-order valence-electron chi connectivity index (χ2n) is 4.73. The Labute approximate surface area is 127 Å². The van der Waals surface area contributed by atoms with Gasteiger partial charge in [-0.25, -0.2) is 4.39 Å². The van der Waals surface area contributed by atoms with Gasteiger partial charge >= 0.3 is 0 Å². The lowest BCUT2D eigenvalue weighted by atomic mass is 9.85. The van der Waals surface area contributed by atoms with E-state index in [1.54, 1.807) is 49.4 Å². The minimum atomic E-state index is -1.31. The third kappa shape index (κ3) is 3.00. The molecule has 0 fully saturated rings. The number of primary amides is 1. The van der Waals surface area contributed by atoms with Gasteiger partial charge in [0.15, 0.2) is 0 Å². The fourth-order valence-electron chi connectivity index (χ4n) is 2.30. The van der Waals surface area contributed by atoms with Crippen LogP contribution in [0, 0.1) is 5.82 Å². The molecule has 2 aromatic rings. The van der Waals surface area contributed by atoms with Gasteiger partial charge in [0.2, 0.25) is 5.91 Å². The summed E-state index contributed by atoms with van der Waals surface area (Å²) in [6.07, 6.45) is 0.311. The Balaban J connectivity index is 2.50. The number of anilines is 1. The molecule has 0 aliphatic rings. The van der Waals surface area contributed by atoms with Crippen LogP contribution in [-0.2, 0) is 10.3 Å². The van der Waals surface area contributed by atoms with Gasteiger partial charge in [-0.05, 0) is 36.8 Å². The van der Waals surface area contributed by atoms with Gasteiger partial charge in [0, 0.05) is 16.3 Å². The van der Waals surface area contributed by atoms with Crippen LogP contribution in [0.15, 0.2) is 48.5 Å². The van der Waals surface area contributed by atoms with Crippen LogP contribution in [0.5, 0.6) is 0 Å². The summed E-state index contributed by atoms with van der Waals surface area (Å²) < 4.78 is 14.1. The number of benzene rings is 2. The van der Waals surface area contributed by atoms with Gasteiger partial charge in [-0.3, -0.25) is 4.79 Å². The average molecular weight is 307 g/mol. The summed E-state index contributed by atoms with van der Waals surface area (Å²) in [5.41, 5.74) is 5.13. The molecular weight excluding hydrogens is 291 g/mol. The van der Waals surface area contributed by atoms with Crippen LogP contribution in [0.4, 0.5) is 10.1 Å². The van der Waals surface area contributed by atoms with E-state index in [-0.39, 0.29) is 5.56 Å². The van der Waals surface area contributed by atoms with Crippen molar-refractivity contribution in [1.82, 2.24) is 0 Å². The zero-order valence-corrected chi connectivity index (χ0v) is 12.3. The molecule has 21 heavy (non-hydrogen) atoms. The molecule has 1 atom stereocenters. The number of rotatable bonds is 5. The van der Waals surface area contributed by atoms with Crippen LogP contribution in [0.25, 0.3) is 0 Å². The van der Waals surface area contributed by atoms with Crippen molar-refractivity contribution in [2.75, 3.05) is 5.32 Å². The quantitative estimate of drug-likeness (QED) is 0.885. The first-order valence-electron chi connectivity index (χ1n) is 6.58. The van der Waals surface area contributed by atoms with Crippen LogP contribution in [0.1, 0.15) is 18.9 Å². The van der Waals surface area contributed by atoms with Gasteiger partial charge in [0.1, 0.15) is 11.4 Å². The number of carbonyl (C=O) groups is 1. The van der Waals surface area contributed by atoms with E-state index in [1.807, 2.05) is 0 Å². The van der Waals surface area contributed by atoms with Gasteiger partial charge in [-0.15, -0.1) is 0 Å². The Hall–Kier alpha value is -2.07. The topological polar surface area (TPSA) is 55.1 Å². The smallest absolute Gasteiger partial charge is 0.247 e. The van der Waals surface area contributed by atoms with Crippen molar-refractivity contribution in [2.45, 2.75) is 18.9 Å². The normalized spacial score (nSPS) is 13.5. The fourth-order valence-corrected chi connectivity index (χ4v) is 2.43. The van der Waals surface area contributed by atoms with E-state index in [1.165, 1.54) is 6.07 Å². The first-order valence-corrected chi connectivity index (χ1v) is 6.96. The zero-order valence-electron chi connectivity index (χ0n) is 11.6. The van der Waals surface area contributed by atoms with Gasteiger partial charge in [0.05, 0.1) is 0 Å². The minimum Gasteiger partial charge on any atom is -0.368 e. The maximum Gasteiger partial charge on any atom is 0.247 e. The lowest BCUT2D eigenvalue weighted by Gasteiger charge is -2.32. The lowest BCUT2D eigenvalue weighted by Crippen LogP contribution is -2.48. The monoisotopic (exact) mass is 306 g/mol. The van der Waals surface area contributed by atoms with E-state index in [9.17, 15) is 9.18 Å². The summed E-state index contributed by atoms with van der Waals surface area (Å²) in [4.78, 5) is 12.0. The van der Waals surface area contributed by atoms with Gasteiger partial charge in [-0.1, -0.05) is 36.7 Å². The highest BCUT2D eigenvalue weighted by atomic mass is 35.5. The molecule has 0 heterocycles. The molecule has 0 aliphatic carbocycles. The highest BCUT2D eigenvalue weighted by molar-refractivity contribution is 6.30. The Kier molecular flexibility index (Phi) is 4.48. The van der Waals surface area contributed by atoms with Gasteiger partial charge in [-0.2, -0.15) is 0 Å². The highest BCUT2D eigenvalue weighted by Crippen LogP contribution is 2.32. The first-order chi connectivity index (χ1) is 9.99. The molecule has 5 heteroatoms. The van der Waals surface area contributed by atoms with Crippen molar-refractivity contribution in [3.05, 3.63) is 64.9 Å². The molecule has 0 bridgehead atoms. The number of carbonyl (C=O) groups excluding carboxylic acids is 1. The summed E-state index contributed by atoms with van der Waals surface area (Å²) in [5.74, 6) is -1.11. The maximum atomic E-state index is 14.1. The predicted octanol–water partition coefficient (Wildman–Crippen LogP) is 3.68. The van der Waals surface area contributed by atoms with E-state index in [0.29, 0.717) is 17.1 Å². The number of halogens is 2. The molecule has 0 aliphatic heterocycles. The Morgan fingerprint density at radius 3 is 2.38 bits per heavy atom. The van der Waals surface area contributed by atoms with E-state index < -0.39 is 17.3 Å². The van der Waals surface area contributed by atoms with Crippen molar-refractivity contribution in [3.63, 3.8) is 0 Å². The Morgan fingerprint density at radius 2 is 1.86 bits per heavy atom. The fraction of sp³-hybridized carbons (Fsp3) is 0.188. The molecule has 2 aromatic carbocycles. The summed E-state index contributed by atoms with van der Waals surface area (Å²) in [6.45, 7) is 1.78. The van der Waals surface area contributed by atoms with Crippen LogP contribution in [-0.4, -0.2) is 5.91 Å². The Morgan fingerprint density at radius 1 is 1.24 bits per heavy atom. The molecule has 3 N–H and O–H groups in total. The molecule has 3 nitrogen and oxygen atoms in total. The summed E-state index contributed by atoms with van der Waals surface area (Å²) in [6, 6.07) is 12.9. The number of amides is 1. The summed E-state index contributed by atoms with van der Waals surface area (Å²) in [7, 11) is 0. The minimum absolute atomic E-state index is 0.231. The second-order valence-corrected chi connectivity index (χ2v) is 5.17. The molecule has 0 radical (unpaired) electrons. The number of nitrogens with two attached hydrogens (primary N) is 1. The molecule has 2 rings (SSSR count). The molecule has 1 amide bonds. The van der Waals surface area contributed by atoms with E-state index in [2.05, 4.69) is 5.32 Å². The second kappa shape index (κ2) is 6.14. The standard InChI is InChI=1S/C16H16ClFN2O/c1-2-16(15(19)21,13-5-3-4-6-14(13)18)20-12-9-7-11(17)8-10-12/h3-10,20H,2H2,1H3,(H2,19,21). The predicted molar refractivity (Wildman–Crippen MR) is 82.6 cm³/mol. The number of nitrogens with one attached hydrogen (secondary N) is 1. The van der Waals surface area contributed by atoms with E-state index in [4.69, 9.17) is 17.3 Å². The third-order valence-corrected chi connectivity index (χ3v) is 3.74. The summed E-state index contributed by atoms with van der Waals surface area (Å²) in [5, 5.41) is 3.63. The Bertz CT molecular complexity index is 645. The average Bonchev–Trinajstić information content (AvgIpc) is 2.47. The van der Waals surface area contributed by atoms with Crippen molar-refractivity contribution < 1.29 is 9.18 Å². The lowest BCUT2D eigenvalue weighted by molar-refractivity contribution is -0.122. The molecule has 110 valence electrons. The highest BCUT2D eigenvalue weighted by Gasteiger charge is 2.38. The number of hydrogen-bond acceptors (Lipinski definition) is 2. The molecule has 0 aromatic heterocycles. The van der Waals surface area contributed by atoms with E-state index in [0.717, 1.165) is 0 Å².